The number of rotatable bonds is 5. The van der Waals surface area contributed by atoms with E-state index in [4.69, 9.17) is 0 Å². The second-order valence-electron chi connectivity index (χ2n) is 4.62. The summed E-state index contributed by atoms with van der Waals surface area (Å²) in [6.45, 7) is 4.64. The van der Waals surface area contributed by atoms with Crippen LogP contribution in [0.15, 0.2) is 32.5 Å². The number of amides is 1. The van der Waals surface area contributed by atoms with E-state index in [1.807, 2.05) is 32.0 Å². The summed E-state index contributed by atoms with van der Waals surface area (Å²) in [6.07, 6.45) is 0.480. The third kappa shape index (κ3) is 4.56. The summed E-state index contributed by atoms with van der Waals surface area (Å²) < 4.78 is 2.17. The van der Waals surface area contributed by atoms with E-state index in [9.17, 15) is 4.79 Å². The van der Waals surface area contributed by atoms with E-state index in [1.54, 1.807) is 11.3 Å². The van der Waals surface area contributed by atoms with Crippen molar-refractivity contribution in [2.45, 2.75) is 26.8 Å². The molecule has 21 heavy (non-hydrogen) atoms. The van der Waals surface area contributed by atoms with E-state index in [-0.39, 0.29) is 5.91 Å². The Kier molecular flexibility index (Phi) is 5.84. The first kappa shape index (κ1) is 16.5. The summed E-state index contributed by atoms with van der Waals surface area (Å²) in [6, 6.07) is 8.00. The minimum absolute atomic E-state index is 0.0240. The van der Waals surface area contributed by atoms with Gasteiger partial charge in [-0.05, 0) is 62.5 Å². The number of anilines is 2. The summed E-state index contributed by atoms with van der Waals surface area (Å²) >= 11 is 8.69. The summed E-state index contributed by atoms with van der Waals surface area (Å²) in [5.41, 5.74) is 3.01. The summed E-state index contributed by atoms with van der Waals surface area (Å²) in [7, 11) is 0. The number of carbonyl (C=O) groups is 1. The molecule has 0 aliphatic carbocycles. The van der Waals surface area contributed by atoms with Gasteiger partial charge in [-0.25, -0.2) is 0 Å². The number of nitrogens with one attached hydrogen (secondary N) is 2. The molecule has 6 heteroatoms. The topological polar surface area (TPSA) is 41.1 Å². The van der Waals surface area contributed by atoms with Crippen molar-refractivity contribution in [2.75, 3.05) is 10.6 Å². The monoisotopic (exact) mass is 430 g/mol. The lowest BCUT2D eigenvalue weighted by Gasteiger charge is -2.11. The van der Waals surface area contributed by atoms with Crippen molar-refractivity contribution in [1.29, 1.82) is 0 Å². The Bertz CT molecular complexity index is 636. The molecule has 0 aliphatic rings. The van der Waals surface area contributed by atoms with Crippen LogP contribution in [-0.4, -0.2) is 5.91 Å². The first-order valence-electron chi connectivity index (χ1n) is 6.57. The van der Waals surface area contributed by atoms with Gasteiger partial charge in [0.2, 0.25) is 5.91 Å². The molecule has 0 aliphatic heterocycles. The Morgan fingerprint density at radius 2 is 2.05 bits per heavy atom. The van der Waals surface area contributed by atoms with Gasteiger partial charge in [0.1, 0.15) is 0 Å². The maximum atomic E-state index is 11.5. The van der Waals surface area contributed by atoms with Crippen molar-refractivity contribution in [2.24, 2.45) is 0 Å². The van der Waals surface area contributed by atoms with Crippen LogP contribution in [0, 0.1) is 6.92 Å². The lowest BCUT2D eigenvalue weighted by Crippen LogP contribution is -2.10. The molecular formula is C15H16Br2N2OS. The largest absolute Gasteiger partial charge is 0.380 e. The zero-order chi connectivity index (χ0) is 15.4. The Hall–Kier alpha value is -0.850. The number of halogens is 2. The van der Waals surface area contributed by atoms with E-state index >= 15 is 0 Å². The smallest absolute Gasteiger partial charge is 0.224 e. The molecule has 0 spiro atoms. The Balaban J connectivity index is 2.08. The molecule has 1 amide bonds. The van der Waals surface area contributed by atoms with Crippen molar-refractivity contribution in [1.82, 2.24) is 0 Å². The first-order chi connectivity index (χ1) is 9.99. The van der Waals surface area contributed by atoms with Gasteiger partial charge in [-0.2, -0.15) is 0 Å². The van der Waals surface area contributed by atoms with Gasteiger partial charge in [0.25, 0.3) is 0 Å². The van der Waals surface area contributed by atoms with E-state index in [2.05, 4.69) is 48.6 Å². The molecule has 2 N–H and O–H groups in total. The number of thiophene rings is 1. The number of hydrogen-bond acceptors (Lipinski definition) is 3. The van der Waals surface area contributed by atoms with Gasteiger partial charge in [0.05, 0.1) is 3.79 Å². The molecule has 0 bridgehead atoms. The molecule has 0 atom stereocenters. The fraction of sp³-hybridized carbons (Fsp3) is 0.267. The van der Waals surface area contributed by atoms with Crippen molar-refractivity contribution >= 4 is 60.5 Å². The normalized spacial score (nSPS) is 10.5. The molecule has 3 nitrogen and oxygen atoms in total. The van der Waals surface area contributed by atoms with E-state index in [0.29, 0.717) is 6.42 Å². The van der Waals surface area contributed by atoms with E-state index < -0.39 is 0 Å². The van der Waals surface area contributed by atoms with Gasteiger partial charge in [0.15, 0.2) is 0 Å². The van der Waals surface area contributed by atoms with Crippen molar-refractivity contribution in [3.05, 3.63) is 43.0 Å². The zero-order valence-corrected chi connectivity index (χ0v) is 15.8. The van der Waals surface area contributed by atoms with Crippen LogP contribution < -0.4 is 10.6 Å². The van der Waals surface area contributed by atoms with Gasteiger partial charge < -0.3 is 10.6 Å². The molecule has 1 aromatic heterocycles. The molecule has 0 unspecified atom stereocenters. The minimum Gasteiger partial charge on any atom is -0.380 e. The predicted molar refractivity (Wildman–Crippen MR) is 97.1 cm³/mol. The Morgan fingerprint density at radius 1 is 1.29 bits per heavy atom. The average Bonchev–Trinajstić information content (AvgIpc) is 2.78. The van der Waals surface area contributed by atoms with Crippen LogP contribution in [0.1, 0.15) is 23.8 Å². The summed E-state index contributed by atoms with van der Waals surface area (Å²) in [5.74, 6) is 0.0240. The number of benzene rings is 1. The lowest BCUT2D eigenvalue weighted by molar-refractivity contribution is -0.115. The third-order valence-electron chi connectivity index (χ3n) is 2.99. The quantitative estimate of drug-likeness (QED) is 0.652. The Morgan fingerprint density at radius 3 is 2.67 bits per heavy atom. The molecule has 112 valence electrons. The van der Waals surface area contributed by atoms with Gasteiger partial charge in [-0.3, -0.25) is 4.79 Å². The molecule has 0 fully saturated rings. The highest BCUT2D eigenvalue weighted by Crippen LogP contribution is 2.33. The van der Waals surface area contributed by atoms with Gasteiger partial charge in [-0.15, -0.1) is 11.3 Å². The van der Waals surface area contributed by atoms with E-state index in [1.165, 1.54) is 4.88 Å². The molecule has 0 saturated heterocycles. The molecule has 0 saturated carbocycles. The predicted octanol–water partition coefficient (Wildman–Crippen LogP) is 5.54. The average molecular weight is 432 g/mol. The summed E-state index contributed by atoms with van der Waals surface area (Å²) in [4.78, 5) is 12.7. The van der Waals surface area contributed by atoms with Crippen LogP contribution in [0.4, 0.5) is 11.4 Å². The van der Waals surface area contributed by atoms with Crippen molar-refractivity contribution in [3.63, 3.8) is 0 Å². The second-order valence-corrected chi connectivity index (χ2v) is 7.93. The van der Waals surface area contributed by atoms with Gasteiger partial charge >= 0.3 is 0 Å². The van der Waals surface area contributed by atoms with Gasteiger partial charge in [-0.1, -0.05) is 13.0 Å². The summed E-state index contributed by atoms with van der Waals surface area (Å²) in [5, 5.41) is 6.30. The van der Waals surface area contributed by atoms with Crippen LogP contribution in [0.3, 0.4) is 0 Å². The maximum Gasteiger partial charge on any atom is 0.224 e. The van der Waals surface area contributed by atoms with Crippen LogP contribution in [-0.2, 0) is 11.3 Å². The number of hydrogen-bond donors (Lipinski definition) is 2. The van der Waals surface area contributed by atoms with Gasteiger partial charge in [0, 0.05) is 33.7 Å². The fourth-order valence-corrected chi connectivity index (χ4v) is 3.92. The van der Waals surface area contributed by atoms with Crippen molar-refractivity contribution < 1.29 is 4.79 Å². The second kappa shape index (κ2) is 7.42. The maximum absolute atomic E-state index is 11.5. The zero-order valence-electron chi connectivity index (χ0n) is 11.8. The van der Waals surface area contributed by atoms with Crippen molar-refractivity contribution in [3.8, 4) is 0 Å². The fourth-order valence-electron chi connectivity index (χ4n) is 1.80. The molecule has 2 rings (SSSR count). The Labute approximate surface area is 145 Å². The molecule has 0 radical (unpaired) electrons. The third-order valence-corrected chi connectivity index (χ3v) is 6.25. The number of aryl methyl sites for hydroxylation is 1. The molecule has 1 aromatic carbocycles. The van der Waals surface area contributed by atoms with Crippen LogP contribution in [0.2, 0.25) is 0 Å². The molecule has 2 aromatic rings. The molecule has 1 heterocycles. The first-order valence-corrected chi connectivity index (χ1v) is 8.98. The number of carbonyl (C=O) groups excluding carboxylic acids is 1. The van der Waals surface area contributed by atoms with Crippen LogP contribution in [0.25, 0.3) is 0 Å². The van der Waals surface area contributed by atoms with E-state index in [0.717, 1.165) is 31.7 Å². The lowest BCUT2D eigenvalue weighted by atomic mass is 10.1. The van der Waals surface area contributed by atoms with Crippen LogP contribution >= 0.6 is 43.2 Å². The SMILES string of the molecule is CCC(=O)Nc1ccc(C)c(NCc2cc(Br)c(Br)s2)c1. The molecular weight excluding hydrogens is 416 g/mol. The minimum atomic E-state index is 0.0240. The highest BCUT2D eigenvalue weighted by atomic mass is 79.9. The standard InChI is InChI=1S/C15H16Br2N2OS/c1-3-14(20)19-10-5-4-9(2)13(6-10)18-8-11-7-12(16)15(17)21-11/h4-7,18H,3,8H2,1-2H3,(H,19,20). The highest BCUT2D eigenvalue weighted by Gasteiger charge is 2.06. The van der Waals surface area contributed by atoms with Crippen LogP contribution in [0.5, 0.6) is 0 Å². The highest BCUT2D eigenvalue weighted by molar-refractivity contribution is 9.13.